The average Bonchev–Trinajstić information content (AvgIpc) is 2.87. The molecule has 1 unspecified atom stereocenters. The quantitative estimate of drug-likeness (QED) is 0.414. The average molecular weight is 284 g/mol. The fourth-order valence-corrected chi connectivity index (χ4v) is 1.61. The first-order valence-corrected chi connectivity index (χ1v) is 6.57. The van der Waals surface area contributed by atoms with Crippen LogP contribution in [-0.2, 0) is 16.1 Å². The third kappa shape index (κ3) is 5.35. The molecule has 112 valence electrons. The van der Waals surface area contributed by atoms with Crippen molar-refractivity contribution in [2.24, 2.45) is 5.92 Å². The van der Waals surface area contributed by atoms with Gasteiger partial charge in [0.15, 0.2) is 0 Å². The molecule has 1 amide bonds. The Hall–Kier alpha value is -1.96. The monoisotopic (exact) mass is 284 g/mol. The van der Waals surface area contributed by atoms with Gasteiger partial charge in [0, 0.05) is 19.8 Å². The van der Waals surface area contributed by atoms with E-state index in [1.807, 2.05) is 6.92 Å². The van der Waals surface area contributed by atoms with Crippen molar-refractivity contribution in [3.63, 3.8) is 0 Å². The zero-order chi connectivity index (χ0) is 15.0. The van der Waals surface area contributed by atoms with Crippen LogP contribution in [0.2, 0.25) is 0 Å². The van der Waals surface area contributed by atoms with E-state index in [4.69, 9.17) is 4.74 Å². The molecule has 20 heavy (non-hydrogen) atoms. The predicted molar refractivity (Wildman–Crippen MR) is 72.2 cm³/mol. The molecular weight excluding hydrogens is 264 g/mol. The fourth-order valence-electron chi connectivity index (χ4n) is 1.61. The molecule has 1 heterocycles. The van der Waals surface area contributed by atoms with Crippen LogP contribution in [0.1, 0.15) is 20.3 Å². The first-order valence-electron chi connectivity index (χ1n) is 6.57. The Bertz CT molecular complexity index is 446. The van der Waals surface area contributed by atoms with Gasteiger partial charge < -0.3 is 10.1 Å². The van der Waals surface area contributed by atoms with Crippen LogP contribution in [0, 0.1) is 16.0 Å². The largest absolute Gasteiger partial charge is 0.382 e. The molecule has 0 spiro atoms. The molecule has 1 atom stereocenters. The van der Waals surface area contributed by atoms with Gasteiger partial charge in [0.05, 0.1) is 17.4 Å². The van der Waals surface area contributed by atoms with Gasteiger partial charge >= 0.3 is 5.69 Å². The van der Waals surface area contributed by atoms with E-state index < -0.39 is 4.92 Å². The third-order valence-electron chi connectivity index (χ3n) is 2.71. The van der Waals surface area contributed by atoms with Gasteiger partial charge in [-0.2, -0.15) is 5.10 Å². The van der Waals surface area contributed by atoms with Crippen LogP contribution in [0.25, 0.3) is 0 Å². The van der Waals surface area contributed by atoms with Crippen molar-refractivity contribution < 1.29 is 14.5 Å². The second-order valence-electron chi connectivity index (χ2n) is 4.42. The molecule has 8 nitrogen and oxygen atoms in total. The summed E-state index contributed by atoms with van der Waals surface area (Å²) in [5, 5.41) is 17.2. The summed E-state index contributed by atoms with van der Waals surface area (Å²) in [6, 6.07) is 0. The number of hydrogen-bond donors (Lipinski definition) is 1. The highest BCUT2D eigenvalue weighted by Gasteiger charge is 2.15. The third-order valence-corrected chi connectivity index (χ3v) is 2.71. The van der Waals surface area contributed by atoms with E-state index in [1.54, 1.807) is 6.92 Å². The van der Waals surface area contributed by atoms with E-state index in [-0.39, 0.29) is 17.5 Å². The number of nitrogens with one attached hydrogen (secondary N) is 1. The van der Waals surface area contributed by atoms with Gasteiger partial charge in [-0.05, 0) is 13.3 Å². The Morgan fingerprint density at radius 2 is 2.40 bits per heavy atom. The first-order chi connectivity index (χ1) is 9.54. The lowest BCUT2D eigenvalue weighted by molar-refractivity contribution is -0.385. The van der Waals surface area contributed by atoms with Crippen molar-refractivity contribution in [2.45, 2.75) is 26.8 Å². The summed E-state index contributed by atoms with van der Waals surface area (Å²) in [6.45, 7) is 5.84. The van der Waals surface area contributed by atoms with E-state index in [9.17, 15) is 14.9 Å². The van der Waals surface area contributed by atoms with Gasteiger partial charge in [-0.25, -0.2) is 0 Å². The van der Waals surface area contributed by atoms with Crippen molar-refractivity contribution >= 4 is 11.6 Å². The molecule has 1 aromatic rings. The first kappa shape index (κ1) is 16.1. The van der Waals surface area contributed by atoms with Crippen LogP contribution in [0.15, 0.2) is 12.4 Å². The summed E-state index contributed by atoms with van der Waals surface area (Å²) in [5.41, 5.74) is -0.0747. The number of amides is 1. The second-order valence-corrected chi connectivity index (χ2v) is 4.42. The highest BCUT2D eigenvalue weighted by atomic mass is 16.6. The molecule has 1 aromatic heterocycles. The Morgan fingerprint density at radius 1 is 1.65 bits per heavy atom. The Labute approximate surface area is 117 Å². The van der Waals surface area contributed by atoms with Crippen molar-refractivity contribution in [2.75, 3.05) is 19.8 Å². The number of rotatable bonds is 9. The van der Waals surface area contributed by atoms with Crippen LogP contribution < -0.4 is 5.32 Å². The van der Waals surface area contributed by atoms with E-state index in [0.717, 1.165) is 6.42 Å². The minimum absolute atomic E-state index is 0.0747. The molecule has 0 aromatic carbocycles. The molecule has 0 bridgehead atoms. The van der Waals surface area contributed by atoms with Gasteiger partial charge in [0.2, 0.25) is 5.91 Å². The Morgan fingerprint density at radius 3 is 3.00 bits per heavy atom. The summed E-state index contributed by atoms with van der Waals surface area (Å²) in [5.74, 6) is -0.402. The second kappa shape index (κ2) is 8.26. The number of nitrogens with zero attached hydrogens (tertiary/aromatic N) is 3. The molecule has 0 aliphatic carbocycles. The number of carbonyl (C=O) groups is 1. The number of aromatic nitrogens is 2. The lowest BCUT2D eigenvalue weighted by Crippen LogP contribution is -2.32. The fraction of sp³-hybridized carbons (Fsp3) is 0.667. The lowest BCUT2D eigenvalue weighted by atomic mass is 10.1. The number of ether oxygens (including phenoxy) is 1. The molecule has 0 aliphatic heterocycles. The minimum Gasteiger partial charge on any atom is -0.382 e. The van der Waals surface area contributed by atoms with Crippen LogP contribution in [0.3, 0.4) is 0 Å². The van der Waals surface area contributed by atoms with Crippen LogP contribution in [-0.4, -0.2) is 40.4 Å². The Kier molecular flexibility index (Phi) is 6.65. The molecule has 0 saturated heterocycles. The van der Waals surface area contributed by atoms with E-state index >= 15 is 0 Å². The van der Waals surface area contributed by atoms with E-state index in [2.05, 4.69) is 10.4 Å². The number of hydrogen-bond acceptors (Lipinski definition) is 5. The smallest absolute Gasteiger partial charge is 0.306 e. The molecule has 0 saturated carbocycles. The maximum Gasteiger partial charge on any atom is 0.306 e. The van der Waals surface area contributed by atoms with Gasteiger partial charge in [0.1, 0.15) is 12.4 Å². The van der Waals surface area contributed by atoms with Crippen LogP contribution in [0.4, 0.5) is 5.69 Å². The van der Waals surface area contributed by atoms with Crippen molar-refractivity contribution in [1.29, 1.82) is 0 Å². The summed E-state index contributed by atoms with van der Waals surface area (Å²) >= 11 is 0. The van der Waals surface area contributed by atoms with Gasteiger partial charge in [-0.3, -0.25) is 19.6 Å². The topological polar surface area (TPSA) is 99.3 Å². The molecule has 0 fully saturated rings. The molecule has 8 heteroatoms. The molecular formula is C12H20N4O4. The minimum atomic E-state index is -0.512. The summed E-state index contributed by atoms with van der Waals surface area (Å²) in [4.78, 5) is 21.8. The van der Waals surface area contributed by atoms with Gasteiger partial charge in [-0.1, -0.05) is 6.92 Å². The van der Waals surface area contributed by atoms with Crippen LogP contribution >= 0.6 is 0 Å². The lowest BCUT2D eigenvalue weighted by Gasteiger charge is -2.12. The summed E-state index contributed by atoms with van der Waals surface area (Å²) in [6.07, 6.45) is 3.26. The van der Waals surface area contributed by atoms with Crippen molar-refractivity contribution in [3.05, 3.63) is 22.5 Å². The van der Waals surface area contributed by atoms with Crippen LogP contribution in [0.5, 0.6) is 0 Å². The van der Waals surface area contributed by atoms with E-state index in [1.165, 1.54) is 17.1 Å². The van der Waals surface area contributed by atoms with Crippen molar-refractivity contribution in [1.82, 2.24) is 15.1 Å². The number of nitro groups is 1. The molecule has 1 N–H and O–H groups in total. The van der Waals surface area contributed by atoms with Gasteiger partial charge in [-0.15, -0.1) is 0 Å². The van der Waals surface area contributed by atoms with Gasteiger partial charge in [0.25, 0.3) is 0 Å². The highest BCUT2D eigenvalue weighted by Crippen LogP contribution is 2.09. The van der Waals surface area contributed by atoms with E-state index in [0.29, 0.717) is 26.3 Å². The number of carbonyl (C=O) groups excluding carboxylic acids is 1. The zero-order valence-corrected chi connectivity index (χ0v) is 11.7. The molecule has 0 radical (unpaired) electrons. The van der Waals surface area contributed by atoms with Crippen molar-refractivity contribution in [3.8, 4) is 0 Å². The highest BCUT2D eigenvalue weighted by molar-refractivity contribution is 5.78. The maximum absolute atomic E-state index is 11.8. The predicted octanol–water partition coefficient (Wildman–Crippen LogP) is 0.970. The SMILES string of the molecule is CCOCCCNC(=O)C(C)Cn1cc([N+](=O)[O-])cn1. The normalized spacial score (nSPS) is 12.1. The molecule has 1 rings (SSSR count). The maximum atomic E-state index is 11.8. The Balaban J connectivity index is 2.31. The zero-order valence-electron chi connectivity index (χ0n) is 11.7. The summed E-state index contributed by atoms with van der Waals surface area (Å²) < 4.78 is 6.57. The summed E-state index contributed by atoms with van der Waals surface area (Å²) in [7, 11) is 0. The molecule has 0 aliphatic rings. The standard InChI is InChI=1S/C12H20N4O4/c1-3-20-6-4-5-13-12(17)10(2)8-15-9-11(7-14-15)16(18)19/h7,9-10H,3-6,8H2,1-2H3,(H,13,17).